The van der Waals surface area contributed by atoms with E-state index in [0.29, 0.717) is 68.5 Å². The molecule has 0 saturated heterocycles. The summed E-state index contributed by atoms with van der Waals surface area (Å²) in [5.41, 5.74) is 10.7. The van der Waals surface area contributed by atoms with Crippen LogP contribution in [0, 0.1) is 0 Å². The number of aromatic nitrogens is 2. The summed E-state index contributed by atoms with van der Waals surface area (Å²) in [7, 11) is 0. The lowest BCUT2D eigenvalue weighted by atomic mass is 9.90. The molecule has 0 saturated carbocycles. The van der Waals surface area contributed by atoms with Crippen LogP contribution in [-0.2, 0) is 41.8 Å². The van der Waals surface area contributed by atoms with Crippen LogP contribution in [0.2, 0.25) is 0 Å². The first-order valence-corrected chi connectivity index (χ1v) is 34.8. The fraction of sp³-hybridized carbons (Fsp3) is 0.568. The van der Waals surface area contributed by atoms with Crippen LogP contribution < -0.4 is 20.2 Å². The summed E-state index contributed by atoms with van der Waals surface area (Å²) in [6, 6.07) is 13.0. The second-order valence-corrected chi connectivity index (χ2v) is 25.3. The van der Waals surface area contributed by atoms with Crippen molar-refractivity contribution in [3.8, 4) is 0 Å². The lowest BCUT2D eigenvalue weighted by Crippen LogP contribution is -2.43. The quantitative estimate of drug-likeness (QED) is 0.0295. The number of aryl methyl sites for hydroxylation is 4. The van der Waals surface area contributed by atoms with Crippen LogP contribution in [0.1, 0.15) is 289 Å². The summed E-state index contributed by atoms with van der Waals surface area (Å²) < 4.78 is 1.72. The number of rotatable bonds is 40. The maximum atomic E-state index is 12.8. The van der Waals surface area contributed by atoms with Crippen molar-refractivity contribution in [2.75, 3.05) is 11.4 Å². The van der Waals surface area contributed by atoms with E-state index in [-0.39, 0.29) is 13.1 Å². The Morgan fingerprint density at radius 2 is 0.818 bits per heavy atom. The SMILES string of the molecule is CCCCCCCCCCc1ccc(CCCCCCCCCC)c2c1C1=NC2=Nc2[nH]c(c3c2N(CC(=O)O)C=CC=3)=NC2=NC(=NC3=NC(=N1)c1ccc[n+](CC(=O)O)c13)c1c(CCCCCCCCCC)ccc(CCCCCCCCCC)c12. The highest BCUT2D eigenvalue weighted by Crippen LogP contribution is 2.36. The molecule has 0 unspecified atom stereocenters. The number of carboxylic acids is 2. The Labute approximate surface area is 524 Å². The minimum Gasteiger partial charge on any atom is -0.480 e. The summed E-state index contributed by atoms with van der Waals surface area (Å²) in [4.78, 5) is 69.3. The van der Waals surface area contributed by atoms with Crippen molar-refractivity contribution in [2.24, 2.45) is 34.9 Å². The van der Waals surface area contributed by atoms with Gasteiger partial charge < -0.3 is 20.1 Å². The highest BCUT2D eigenvalue weighted by molar-refractivity contribution is 6.32. The molecule has 0 aliphatic carbocycles. The molecule has 4 aromatic rings. The van der Waals surface area contributed by atoms with Gasteiger partial charge in [-0.2, -0.15) is 4.57 Å². The molecule has 0 fully saturated rings. The van der Waals surface area contributed by atoms with Crippen LogP contribution in [0.5, 0.6) is 0 Å². The summed E-state index contributed by atoms with van der Waals surface area (Å²) in [6.07, 6.45) is 49.2. The van der Waals surface area contributed by atoms with Gasteiger partial charge in [-0.25, -0.2) is 39.7 Å². The summed E-state index contributed by atoms with van der Waals surface area (Å²) in [6.45, 7) is 8.46. The third-order valence-electron chi connectivity index (χ3n) is 18.3. The minimum atomic E-state index is -0.982. The third kappa shape index (κ3) is 17.3. The molecular formula is C74H101N10O4+. The first kappa shape index (κ1) is 65.5. The number of aliphatic imine (C=N–C) groups is 6. The van der Waals surface area contributed by atoms with Crippen LogP contribution >= 0.6 is 0 Å². The van der Waals surface area contributed by atoms with Crippen molar-refractivity contribution >= 4 is 64.5 Å². The van der Waals surface area contributed by atoms with Crippen molar-refractivity contribution in [3.63, 3.8) is 0 Å². The van der Waals surface area contributed by atoms with E-state index in [1.807, 2.05) is 24.3 Å². The third-order valence-corrected chi connectivity index (χ3v) is 18.3. The van der Waals surface area contributed by atoms with Gasteiger partial charge in [-0.15, -0.1) is 0 Å². The molecule has 5 aliphatic heterocycles. The Morgan fingerprint density at radius 1 is 0.443 bits per heavy atom. The molecule has 0 amide bonds. The van der Waals surface area contributed by atoms with Crippen LogP contribution in [-0.4, -0.2) is 68.7 Å². The van der Waals surface area contributed by atoms with Gasteiger partial charge in [0, 0.05) is 39.7 Å². The fourth-order valence-electron chi connectivity index (χ4n) is 13.5. The molecule has 3 N–H and O–H groups in total. The van der Waals surface area contributed by atoms with E-state index in [1.165, 1.54) is 154 Å². The van der Waals surface area contributed by atoms with Gasteiger partial charge in [0.25, 0.3) is 5.69 Å². The second-order valence-electron chi connectivity index (χ2n) is 25.3. The van der Waals surface area contributed by atoms with E-state index in [1.54, 1.807) is 21.9 Å². The molecule has 0 radical (unpaired) electrons. The van der Waals surface area contributed by atoms with Crippen LogP contribution in [0.3, 0.4) is 0 Å². The lowest BCUT2D eigenvalue weighted by Gasteiger charge is -2.19. The van der Waals surface area contributed by atoms with E-state index >= 15 is 0 Å². The molecule has 7 heterocycles. The van der Waals surface area contributed by atoms with Crippen molar-refractivity contribution in [1.82, 2.24) is 4.98 Å². The van der Waals surface area contributed by atoms with Crippen molar-refractivity contribution < 1.29 is 24.4 Å². The highest BCUT2D eigenvalue weighted by Gasteiger charge is 2.37. The first-order valence-electron chi connectivity index (χ1n) is 34.8. The number of H-pyrrole nitrogens is 1. The Kier molecular flexibility index (Phi) is 25.4. The van der Waals surface area contributed by atoms with E-state index in [9.17, 15) is 19.8 Å². The molecule has 0 atom stereocenters. The predicted octanol–water partition coefficient (Wildman–Crippen LogP) is 16.2. The molecule has 5 aliphatic rings. The molecule has 88 heavy (non-hydrogen) atoms. The topological polar surface area (TPSA) is 184 Å². The maximum Gasteiger partial charge on any atom is 0.370 e. The number of nitrogens with one attached hydrogen (secondary N) is 1. The highest BCUT2D eigenvalue weighted by atomic mass is 16.4. The number of allylic oxidation sites excluding steroid dienone is 1. The van der Waals surface area contributed by atoms with Gasteiger partial charge in [-0.05, 0) is 91.8 Å². The number of carbonyl (C=O) groups is 2. The Morgan fingerprint density at radius 3 is 1.24 bits per heavy atom. The molecule has 14 nitrogen and oxygen atoms in total. The Hall–Kier alpha value is -6.96. The monoisotopic (exact) mass is 1190 g/mol. The summed E-state index contributed by atoms with van der Waals surface area (Å²) in [5.74, 6) is 1.18. The van der Waals surface area contributed by atoms with Gasteiger partial charge >= 0.3 is 11.9 Å². The number of anilines is 1. The zero-order valence-corrected chi connectivity index (χ0v) is 53.9. The normalized spacial score (nSPS) is 14.3. The van der Waals surface area contributed by atoms with E-state index in [2.05, 4.69) is 56.9 Å². The summed E-state index contributed by atoms with van der Waals surface area (Å²) in [5, 5.41) is 21.6. The number of fused-ring (bicyclic) bond motifs is 17. The Bertz CT molecular complexity index is 3410. The molecule has 2 aromatic carbocycles. The minimum absolute atomic E-state index is 0.287. The average Bonchev–Trinajstić information content (AvgIpc) is 1.66. The molecule has 2 aromatic heterocycles. The molecule has 9 rings (SSSR count). The standard InChI is InChI=1S/C74H100N10O4/c1-5-9-13-17-21-25-29-33-39-53-45-47-55(41-35-31-27-23-19-15-11-7-3)63-61(53)69-75-67-57-43-37-49-83(51-59(85)86)65(57)74(77-67)82-72-64-56(42-36-32-28-24-20-16-12-8-4)48-46-54(40-34-30-26-22-18-14-10-6-2)62(64)70(80-72)76-68-58-44-38-50-84(52-60(87)88)66(58)73(78-68)81-71(63)79-69/h37-38,43-50H,5-36,39-42,51-52H2,1-4H3,(H2-,75,76,77,78,79,80,81,82,85,86,87,88)/p+1. The molecule has 8 bridgehead atoms. The van der Waals surface area contributed by atoms with Gasteiger partial charge in [0.05, 0.1) is 11.3 Å². The van der Waals surface area contributed by atoms with Crippen LogP contribution in [0.15, 0.2) is 89.8 Å². The number of unbranched alkanes of at least 4 members (excludes halogenated alkanes) is 28. The summed E-state index contributed by atoms with van der Waals surface area (Å²) >= 11 is 0. The van der Waals surface area contributed by atoms with Gasteiger partial charge in [0.15, 0.2) is 41.2 Å². The van der Waals surface area contributed by atoms with Gasteiger partial charge in [0.1, 0.15) is 12.0 Å². The molecular weight excluding hydrogens is 1090 g/mol. The number of amidine groups is 6. The maximum absolute atomic E-state index is 12.8. The first-order chi connectivity index (χ1) is 43.2. The lowest BCUT2D eigenvalue weighted by molar-refractivity contribution is -0.687. The van der Waals surface area contributed by atoms with Crippen LogP contribution in [0.25, 0.3) is 6.08 Å². The van der Waals surface area contributed by atoms with Crippen molar-refractivity contribution in [3.05, 3.63) is 121 Å². The molecule has 0 spiro atoms. The van der Waals surface area contributed by atoms with Crippen molar-refractivity contribution in [1.29, 1.82) is 0 Å². The number of hydrogen-bond donors (Lipinski definition) is 3. The predicted molar refractivity (Wildman–Crippen MR) is 361 cm³/mol. The zero-order chi connectivity index (χ0) is 61.5. The average molecular weight is 1190 g/mol. The number of nitrogens with zero attached hydrogens (tertiary/aromatic N) is 9. The number of hydrogen-bond acceptors (Lipinski definition) is 10. The fourth-order valence-corrected chi connectivity index (χ4v) is 13.5. The number of pyridine rings is 1. The van der Waals surface area contributed by atoms with E-state index in [0.717, 1.165) is 122 Å². The smallest absolute Gasteiger partial charge is 0.370 e. The molecule has 470 valence electrons. The van der Waals surface area contributed by atoms with Gasteiger partial charge in [-0.3, -0.25) is 4.79 Å². The number of aromatic amines is 1. The van der Waals surface area contributed by atoms with Crippen LogP contribution in [0.4, 0.5) is 11.5 Å². The second kappa shape index (κ2) is 34.1. The van der Waals surface area contributed by atoms with E-state index < -0.39 is 11.9 Å². The Balaban J connectivity index is 1.23. The number of aliphatic carboxylic acids is 2. The zero-order valence-electron chi connectivity index (χ0n) is 53.9. The van der Waals surface area contributed by atoms with Gasteiger partial charge in [-0.1, -0.05) is 232 Å². The van der Waals surface area contributed by atoms with E-state index in [4.69, 9.17) is 34.9 Å². The largest absolute Gasteiger partial charge is 0.480 e. The number of carboxylic acid groups (broad SMARTS) is 2. The number of benzene rings is 2. The molecule has 14 heteroatoms. The van der Waals surface area contributed by atoms with Gasteiger partial charge in [0.2, 0.25) is 12.4 Å². The van der Waals surface area contributed by atoms with Crippen molar-refractivity contribution in [2.45, 2.75) is 265 Å².